The van der Waals surface area contributed by atoms with Gasteiger partial charge in [-0.15, -0.1) is 12.6 Å². The van der Waals surface area contributed by atoms with Crippen LogP contribution in [0, 0.1) is 11.3 Å². The molecule has 4 atom stereocenters. The number of piperidine rings is 1. The molecule has 314 valence electrons. The van der Waals surface area contributed by atoms with Crippen molar-refractivity contribution in [1.29, 1.82) is 5.26 Å². The summed E-state index contributed by atoms with van der Waals surface area (Å²) in [6.07, 6.45) is 0.933. The highest BCUT2D eigenvalue weighted by atomic mass is 32.1. The third kappa shape index (κ3) is 9.77. The highest BCUT2D eigenvalue weighted by molar-refractivity contribution is 7.81. The van der Waals surface area contributed by atoms with Crippen molar-refractivity contribution in [3.05, 3.63) is 47.8 Å². The summed E-state index contributed by atoms with van der Waals surface area (Å²) in [5.74, 6) is -1.15. The second-order valence-electron chi connectivity index (χ2n) is 16.2. The van der Waals surface area contributed by atoms with Gasteiger partial charge in [-0.3, -0.25) is 39.2 Å². The van der Waals surface area contributed by atoms with E-state index in [2.05, 4.69) is 44.6 Å². The summed E-state index contributed by atoms with van der Waals surface area (Å²) in [5.41, 5.74) is -2.53. The van der Waals surface area contributed by atoms with Crippen LogP contribution in [0.1, 0.15) is 83.9 Å². The molecule has 0 bridgehead atoms. The number of amides is 4. The molecule has 0 radical (unpaired) electrons. The Bertz CT molecular complexity index is 1890. The normalized spacial score (nSPS) is 27.3. The Morgan fingerprint density at radius 3 is 2.41 bits per heavy atom. The van der Waals surface area contributed by atoms with Crippen LogP contribution in [0.15, 0.2) is 36.5 Å². The Labute approximate surface area is 342 Å². The van der Waals surface area contributed by atoms with Crippen LogP contribution in [0.4, 0.5) is 30.2 Å². The number of nitriles is 1. The van der Waals surface area contributed by atoms with Crippen molar-refractivity contribution in [2.45, 2.75) is 120 Å². The predicted molar refractivity (Wildman–Crippen MR) is 214 cm³/mol. The lowest BCUT2D eigenvalue weighted by atomic mass is 9.89. The van der Waals surface area contributed by atoms with Crippen molar-refractivity contribution < 1.29 is 37.1 Å². The summed E-state index contributed by atoms with van der Waals surface area (Å²) in [5, 5.41) is 17.6. The molecule has 4 aliphatic rings. The third-order valence-corrected chi connectivity index (χ3v) is 12.1. The van der Waals surface area contributed by atoms with Crippen LogP contribution >= 0.6 is 12.6 Å². The number of carbonyl (C=O) groups is 4. The van der Waals surface area contributed by atoms with E-state index >= 15 is 0 Å². The van der Waals surface area contributed by atoms with E-state index in [4.69, 9.17) is 22.6 Å². The summed E-state index contributed by atoms with van der Waals surface area (Å²) in [4.78, 5) is 61.9. The number of imide groups is 1. The minimum Gasteiger partial charge on any atom is -0.378 e. The van der Waals surface area contributed by atoms with Gasteiger partial charge in [0.2, 0.25) is 23.6 Å². The lowest BCUT2D eigenvalue weighted by Crippen LogP contribution is -2.58. The largest absolute Gasteiger partial charge is 0.419 e. The van der Waals surface area contributed by atoms with E-state index < -0.39 is 34.5 Å². The highest BCUT2D eigenvalue weighted by Crippen LogP contribution is 2.43. The fourth-order valence-electron chi connectivity index (χ4n) is 8.78. The second-order valence-corrected chi connectivity index (χ2v) is 16.7. The number of piperazine rings is 1. The zero-order chi connectivity index (χ0) is 41.9. The molecule has 3 N–H and O–H groups in total. The van der Waals surface area contributed by atoms with Gasteiger partial charge in [-0.25, -0.2) is 4.98 Å². The van der Waals surface area contributed by atoms with Gasteiger partial charge in [-0.2, -0.15) is 18.4 Å². The molecule has 0 spiro atoms. The molecular weight excluding hydrogens is 776 g/mol. The standard InChI is InChI=1S/C40H52F3N9O5S/c1-24-21-49(22-25(2)50(24)23-35(54)47-27-8-5-7-26(17-27)46-32-13-14-34(53)48-36(32)55)15-6-16-57-30-11-9-28(10-12-30)52-38(58)51(37(56)39(52,3)4)29-18-31(40(41,42)43)33(19-44)45-20-29/h5,7-8,17-18,20,24-25,28,30,32,38,46,58H,6,9-16,21-23H2,1-4H3,(H,47,54)(H,48,53,55)/t24-,25+,28?,30?,32?,38?. The summed E-state index contributed by atoms with van der Waals surface area (Å²) in [7, 11) is 0. The van der Waals surface area contributed by atoms with Crippen molar-refractivity contribution >= 4 is 53.3 Å². The fourth-order valence-corrected chi connectivity index (χ4v) is 9.50. The number of anilines is 3. The fraction of sp³-hybridized carbons (Fsp3) is 0.600. The van der Waals surface area contributed by atoms with E-state index in [0.29, 0.717) is 24.4 Å². The highest BCUT2D eigenvalue weighted by Gasteiger charge is 2.54. The van der Waals surface area contributed by atoms with E-state index in [1.807, 2.05) is 11.0 Å². The first-order valence-electron chi connectivity index (χ1n) is 19.8. The minimum absolute atomic E-state index is 0.0340. The first kappa shape index (κ1) is 43.3. The molecule has 2 unspecified atom stereocenters. The second kappa shape index (κ2) is 17.9. The third-order valence-electron chi connectivity index (χ3n) is 11.7. The number of halogens is 3. The summed E-state index contributed by atoms with van der Waals surface area (Å²) in [6.45, 7) is 11.1. The molecule has 4 heterocycles. The Kier molecular flexibility index (Phi) is 13.4. The first-order chi connectivity index (χ1) is 27.5. The van der Waals surface area contributed by atoms with E-state index in [1.165, 1.54) is 11.0 Å². The average Bonchev–Trinajstić information content (AvgIpc) is 3.34. The number of nitrogens with one attached hydrogen (secondary N) is 3. The number of alkyl halides is 3. The molecule has 2 aromatic rings. The number of pyridine rings is 1. The van der Waals surface area contributed by atoms with Crippen LogP contribution in [0.25, 0.3) is 0 Å². The number of thiol groups is 1. The number of ether oxygens (including phenoxy) is 1. The number of hydrogen-bond donors (Lipinski definition) is 4. The van der Waals surface area contributed by atoms with Gasteiger partial charge in [0.05, 0.1) is 35.6 Å². The quantitative estimate of drug-likeness (QED) is 0.135. The Balaban J connectivity index is 0.918. The zero-order valence-corrected chi connectivity index (χ0v) is 34.1. The molecule has 1 saturated carbocycles. The van der Waals surface area contributed by atoms with Crippen LogP contribution in [-0.2, 0) is 30.1 Å². The Morgan fingerprint density at radius 2 is 1.76 bits per heavy atom. The molecule has 4 amide bonds. The molecule has 3 saturated heterocycles. The van der Waals surface area contributed by atoms with E-state index in [1.54, 1.807) is 32.0 Å². The minimum atomic E-state index is -4.80. The Morgan fingerprint density at radius 1 is 1.07 bits per heavy atom. The van der Waals surface area contributed by atoms with Gasteiger partial charge in [0.15, 0.2) is 5.69 Å². The maximum absolute atomic E-state index is 13.7. The van der Waals surface area contributed by atoms with E-state index in [0.717, 1.165) is 64.0 Å². The van der Waals surface area contributed by atoms with Crippen molar-refractivity contribution in [1.82, 2.24) is 25.0 Å². The molecule has 6 rings (SSSR count). The number of nitrogens with zero attached hydrogens (tertiary/aromatic N) is 6. The average molecular weight is 828 g/mol. The topological polar surface area (TPSA) is 163 Å². The van der Waals surface area contributed by atoms with Gasteiger partial charge >= 0.3 is 6.18 Å². The summed E-state index contributed by atoms with van der Waals surface area (Å²) >= 11 is 4.73. The molecular formula is C40H52F3N9O5S. The van der Waals surface area contributed by atoms with Gasteiger partial charge in [0.1, 0.15) is 17.6 Å². The van der Waals surface area contributed by atoms with Crippen molar-refractivity contribution in [2.75, 3.05) is 48.3 Å². The lowest BCUT2D eigenvalue weighted by molar-refractivity contribution is -0.138. The van der Waals surface area contributed by atoms with Crippen LogP contribution in [0.5, 0.6) is 0 Å². The molecule has 58 heavy (non-hydrogen) atoms. The molecule has 1 aliphatic carbocycles. The van der Waals surface area contributed by atoms with E-state index in [9.17, 15) is 32.3 Å². The van der Waals surface area contributed by atoms with Crippen LogP contribution in [-0.4, -0.2) is 117 Å². The molecule has 1 aromatic carbocycles. The summed E-state index contributed by atoms with van der Waals surface area (Å²) < 4.78 is 47.4. The van der Waals surface area contributed by atoms with E-state index in [-0.39, 0.29) is 66.5 Å². The summed E-state index contributed by atoms with van der Waals surface area (Å²) in [6, 6.07) is 9.22. The lowest BCUT2D eigenvalue weighted by Gasteiger charge is -2.44. The molecule has 1 aromatic heterocycles. The van der Waals surface area contributed by atoms with Crippen molar-refractivity contribution in [2.24, 2.45) is 0 Å². The van der Waals surface area contributed by atoms with Gasteiger partial charge < -0.3 is 20.3 Å². The van der Waals surface area contributed by atoms with Gasteiger partial charge in [-0.05, 0) is 90.5 Å². The maximum Gasteiger partial charge on any atom is 0.419 e. The maximum atomic E-state index is 13.7. The van der Waals surface area contributed by atoms with Gasteiger partial charge in [0.25, 0.3) is 0 Å². The SMILES string of the molecule is C[C@@H]1CN(CCCOC2CCC(N3C(S)N(c4cnc(C#N)c(C(F)(F)F)c4)C(=O)C3(C)C)CC2)C[C@H](C)N1CC(=O)Nc1cccc(NC2CCC(=O)NC2=O)c1. The van der Waals surface area contributed by atoms with Crippen LogP contribution < -0.4 is 20.9 Å². The molecule has 3 aliphatic heterocycles. The molecule has 18 heteroatoms. The number of benzene rings is 1. The molecule has 4 fully saturated rings. The van der Waals surface area contributed by atoms with Crippen molar-refractivity contribution in [3.63, 3.8) is 0 Å². The van der Waals surface area contributed by atoms with Crippen LogP contribution in [0.2, 0.25) is 0 Å². The number of carbonyl (C=O) groups excluding carboxylic acids is 4. The van der Waals surface area contributed by atoms with Crippen LogP contribution in [0.3, 0.4) is 0 Å². The number of rotatable bonds is 12. The van der Waals surface area contributed by atoms with Gasteiger partial charge in [-0.1, -0.05) is 6.07 Å². The Hall–Kier alpha value is -4.28. The smallest absolute Gasteiger partial charge is 0.378 e. The first-order valence-corrected chi connectivity index (χ1v) is 20.3. The number of hydrogen-bond acceptors (Lipinski definition) is 12. The predicted octanol–water partition coefficient (Wildman–Crippen LogP) is 4.58. The monoisotopic (exact) mass is 827 g/mol. The van der Waals surface area contributed by atoms with Gasteiger partial charge in [0, 0.05) is 62.2 Å². The molecule has 14 nitrogen and oxygen atoms in total. The zero-order valence-electron chi connectivity index (χ0n) is 33.2. The van der Waals surface area contributed by atoms with Crippen molar-refractivity contribution in [3.8, 4) is 6.07 Å². The number of aromatic nitrogens is 1.